The topological polar surface area (TPSA) is 79.6 Å². The van der Waals surface area contributed by atoms with Gasteiger partial charge in [-0.3, -0.25) is 5.32 Å². The molecule has 0 fully saturated rings. The van der Waals surface area contributed by atoms with Gasteiger partial charge in [-0.05, 0) is 36.4 Å². The van der Waals surface area contributed by atoms with Crippen LogP contribution < -0.4 is 15.0 Å². The highest BCUT2D eigenvalue weighted by Gasteiger charge is 2.13. The highest BCUT2D eigenvalue weighted by atomic mass is 16.6. The van der Waals surface area contributed by atoms with E-state index in [2.05, 4.69) is 10.4 Å². The molecule has 0 unspecified atom stereocenters. The number of carbonyl (C=O) groups is 1. The smallest absolute Gasteiger partial charge is 0.418 e. The molecule has 0 aliphatic rings. The molecule has 1 aromatic heterocycles. The maximum absolute atomic E-state index is 12.1. The minimum absolute atomic E-state index is 0.202. The fraction of sp³-hybridized carbons (Fsp3) is 0.111. The van der Waals surface area contributed by atoms with Gasteiger partial charge in [0.1, 0.15) is 11.6 Å². The summed E-state index contributed by atoms with van der Waals surface area (Å²) in [7, 11) is 3.89. The van der Waals surface area contributed by atoms with Crippen molar-refractivity contribution < 1.29 is 14.6 Å². The second-order valence-corrected chi connectivity index (χ2v) is 5.54. The Bertz CT molecular complexity index is 858. The molecule has 0 radical (unpaired) electrons. The second-order valence-electron chi connectivity index (χ2n) is 5.54. The third-order valence-electron chi connectivity index (χ3n) is 3.49. The first-order chi connectivity index (χ1) is 12.0. The first-order valence-electron chi connectivity index (χ1n) is 7.63. The van der Waals surface area contributed by atoms with Gasteiger partial charge in [0.2, 0.25) is 5.88 Å². The molecule has 25 heavy (non-hydrogen) atoms. The number of benzene rings is 2. The van der Waals surface area contributed by atoms with Crippen LogP contribution in [0.2, 0.25) is 0 Å². The zero-order valence-electron chi connectivity index (χ0n) is 13.9. The maximum Gasteiger partial charge on any atom is 0.418 e. The van der Waals surface area contributed by atoms with E-state index >= 15 is 0 Å². The number of aromatic nitrogens is 2. The van der Waals surface area contributed by atoms with Gasteiger partial charge >= 0.3 is 6.09 Å². The number of hydrogen-bond donors (Lipinski definition) is 2. The van der Waals surface area contributed by atoms with Crippen molar-refractivity contribution in [2.75, 3.05) is 24.3 Å². The zero-order valence-corrected chi connectivity index (χ0v) is 13.9. The third kappa shape index (κ3) is 3.89. The summed E-state index contributed by atoms with van der Waals surface area (Å²) in [5.41, 5.74) is 1.72. The van der Waals surface area contributed by atoms with E-state index in [9.17, 15) is 9.90 Å². The highest BCUT2D eigenvalue weighted by Crippen LogP contribution is 2.23. The predicted molar refractivity (Wildman–Crippen MR) is 95.6 cm³/mol. The molecule has 7 heteroatoms. The molecule has 0 bridgehead atoms. The van der Waals surface area contributed by atoms with Crippen molar-refractivity contribution in [3.63, 3.8) is 0 Å². The van der Waals surface area contributed by atoms with Crippen molar-refractivity contribution in [2.24, 2.45) is 0 Å². The summed E-state index contributed by atoms with van der Waals surface area (Å²) in [6.45, 7) is 0. The summed E-state index contributed by atoms with van der Waals surface area (Å²) in [5.74, 6) is 0.522. The summed E-state index contributed by atoms with van der Waals surface area (Å²) >= 11 is 0. The SMILES string of the molecule is CN(C)c1ccc(-n2nc(O)cc2NC(=O)Oc2ccccc2)cc1. The predicted octanol–water partition coefficient (Wildman–Crippen LogP) is 3.25. The Labute approximate surface area is 145 Å². The molecular formula is C18H18N4O3. The number of hydrogen-bond acceptors (Lipinski definition) is 5. The number of nitrogens with zero attached hydrogens (tertiary/aromatic N) is 3. The lowest BCUT2D eigenvalue weighted by atomic mass is 10.2. The second kappa shape index (κ2) is 6.96. The minimum atomic E-state index is -0.669. The van der Waals surface area contributed by atoms with Crippen molar-refractivity contribution in [3.8, 4) is 17.3 Å². The summed E-state index contributed by atoms with van der Waals surface area (Å²) in [6.07, 6.45) is -0.669. The molecule has 2 aromatic carbocycles. The van der Waals surface area contributed by atoms with Crippen LogP contribution in [0, 0.1) is 0 Å². The molecular weight excluding hydrogens is 320 g/mol. The highest BCUT2D eigenvalue weighted by molar-refractivity contribution is 5.85. The number of anilines is 2. The minimum Gasteiger partial charge on any atom is -0.492 e. The largest absolute Gasteiger partial charge is 0.492 e. The number of para-hydroxylation sites is 1. The molecule has 7 nitrogen and oxygen atoms in total. The fourth-order valence-electron chi connectivity index (χ4n) is 2.27. The van der Waals surface area contributed by atoms with Crippen LogP contribution in [0.15, 0.2) is 60.7 Å². The Hall–Kier alpha value is -3.48. The molecule has 0 atom stereocenters. The van der Waals surface area contributed by atoms with Crippen LogP contribution in [0.1, 0.15) is 0 Å². The molecule has 1 heterocycles. The zero-order chi connectivity index (χ0) is 17.8. The molecule has 0 saturated heterocycles. The molecule has 0 aliphatic heterocycles. The van der Waals surface area contributed by atoms with Crippen LogP contribution >= 0.6 is 0 Å². The fourth-order valence-corrected chi connectivity index (χ4v) is 2.27. The summed E-state index contributed by atoms with van der Waals surface area (Å²) in [4.78, 5) is 14.0. The van der Waals surface area contributed by atoms with E-state index in [1.54, 1.807) is 24.3 Å². The van der Waals surface area contributed by atoms with Crippen LogP contribution in [0.4, 0.5) is 16.3 Å². The van der Waals surface area contributed by atoms with Gasteiger partial charge in [0.15, 0.2) is 0 Å². The van der Waals surface area contributed by atoms with E-state index in [1.165, 1.54) is 10.7 Å². The van der Waals surface area contributed by atoms with E-state index in [-0.39, 0.29) is 5.88 Å². The van der Waals surface area contributed by atoms with Crippen LogP contribution in [-0.4, -0.2) is 35.1 Å². The van der Waals surface area contributed by atoms with Gasteiger partial charge in [0.25, 0.3) is 0 Å². The van der Waals surface area contributed by atoms with Crippen molar-refractivity contribution >= 4 is 17.6 Å². The lowest BCUT2D eigenvalue weighted by molar-refractivity contribution is 0.215. The van der Waals surface area contributed by atoms with Gasteiger partial charge in [-0.1, -0.05) is 18.2 Å². The Kier molecular flexibility index (Phi) is 4.56. The molecule has 0 spiro atoms. The lowest BCUT2D eigenvalue weighted by Crippen LogP contribution is -2.19. The van der Waals surface area contributed by atoms with Gasteiger partial charge in [0.05, 0.1) is 5.69 Å². The average Bonchev–Trinajstić information content (AvgIpc) is 2.96. The first kappa shape index (κ1) is 16.4. The molecule has 3 aromatic rings. The number of amides is 1. The molecule has 3 rings (SSSR count). The Morgan fingerprint density at radius 1 is 1.12 bits per heavy atom. The third-order valence-corrected chi connectivity index (χ3v) is 3.49. The number of nitrogens with one attached hydrogen (secondary N) is 1. The number of ether oxygens (including phenoxy) is 1. The Balaban J connectivity index is 1.80. The molecule has 2 N–H and O–H groups in total. The van der Waals surface area contributed by atoms with E-state index in [0.717, 1.165) is 5.69 Å². The summed E-state index contributed by atoms with van der Waals surface area (Å²) < 4.78 is 6.62. The molecule has 128 valence electrons. The van der Waals surface area contributed by atoms with Gasteiger partial charge in [-0.2, -0.15) is 0 Å². The van der Waals surface area contributed by atoms with Crippen LogP contribution in [0.5, 0.6) is 11.6 Å². The lowest BCUT2D eigenvalue weighted by Gasteiger charge is -2.13. The number of carbonyl (C=O) groups excluding carboxylic acids is 1. The van der Waals surface area contributed by atoms with Crippen LogP contribution in [-0.2, 0) is 0 Å². The van der Waals surface area contributed by atoms with Gasteiger partial charge < -0.3 is 14.7 Å². The Morgan fingerprint density at radius 3 is 2.44 bits per heavy atom. The monoisotopic (exact) mass is 338 g/mol. The number of aromatic hydroxyl groups is 1. The normalized spacial score (nSPS) is 10.3. The van der Waals surface area contributed by atoms with E-state index < -0.39 is 6.09 Å². The van der Waals surface area contributed by atoms with E-state index in [0.29, 0.717) is 17.3 Å². The van der Waals surface area contributed by atoms with Crippen LogP contribution in [0.3, 0.4) is 0 Å². The van der Waals surface area contributed by atoms with Crippen LogP contribution in [0.25, 0.3) is 5.69 Å². The van der Waals surface area contributed by atoms with Gasteiger partial charge in [-0.25, -0.2) is 9.48 Å². The van der Waals surface area contributed by atoms with E-state index in [4.69, 9.17) is 4.74 Å². The van der Waals surface area contributed by atoms with Crippen molar-refractivity contribution in [1.29, 1.82) is 0 Å². The molecule has 0 saturated carbocycles. The summed E-state index contributed by atoms with van der Waals surface area (Å²) in [5, 5.41) is 16.3. The standard InChI is InChI=1S/C18H18N4O3/c1-21(2)13-8-10-14(11-9-13)22-16(12-17(23)20-22)19-18(24)25-15-6-4-3-5-7-15/h3-12H,1-2H3,(H,19,24)(H,20,23). The van der Waals surface area contributed by atoms with Gasteiger partial charge in [0, 0.05) is 25.8 Å². The molecule has 1 amide bonds. The van der Waals surface area contributed by atoms with E-state index in [1.807, 2.05) is 49.3 Å². The summed E-state index contributed by atoms with van der Waals surface area (Å²) in [6, 6.07) is 17.6. The molecule has 0 aliphatic carbocycles. The van der Waals surface area contributed by atoms with Crippen molar-refractivity contribution in [3.05, 3.63) is 60.7 Å². The van der Waals surface area contributed by atoms with Crippen molar-refractivity contribution in [2.45, 2.75) is 0 Å². The number of rotatable bonds is 4. The average molecular weight is 338 g/mol. The first-order valence-corrected chi connectivity index (χ1v) is 7.63. The Morgan fingerprint density at radius 2 is 1.80 bits per heavy atom. The maximum atomic E-state index is 12.1. The van der Waals surface area contributed by atoms with Gasteiger partial charge in [-0.15, -0.1) is 5.10 Å². The van der Waals surface area contributed by atoms with Crippen molar-refractivity contribution in [1.82, 2.24) is 9.78 Å². The quantitative estimate of drug-likeness (QED) is 0.763.